The zero-order valence-corrected chi connectivity index (χ0v) is 16.0. The van der Waals surface area contributed by atoms with E-state index in [0.717, 1.165) is 12.1 Å². The van der Waals surface area contributed by atoms with E-state index in [1.807, 2.05) is 6.92 Å². The highest BCUT2D eigenvalue weighted by atomic mass is 19.1. The Morgan fingerprint density at radius 1 is 1.33 bits per heavy atom. The van der Waals surface area contributed by atoms with Gasteiger partial charge in [0.1, 0.15) is 11.6 Å². The third-order valence-electron chi connectivity index (χ3n) is 5.38. The molecule has 1 saturated heterocycles. The summed E-state index contributed by atoms with van der Waals surface area (Å²) in [5.41, 5.74) is -0.414. The van der Waals surface area contributed by atoms with Gasteiger partial charge in [0.25, 0.3) is 17.6 Å². The molecule has 2 aliphatic heterocycles. The van der Waals surface area contributed by atoms with Crippen LogP contribution in [-0.2, 0) is 22.6 Å². The quantitative estimate of drug-likeness (QED) is 0.579. The Morgan fingerprint density at radius 2 is 2.10 bits per heavy atom. The molecule has 8 nitrogen and oxygen atoms in total. The number of fused-ring (bicyclic) bond motifs is 2. The maximum atomic E-state index is 13.7. The second kappa shape index (κ2) is 7.52. The highest BCUT2D eigenvalue weighted by molar-refractivity contribution is 6.43. The van der Waals surface area contributed by atoms with E-state index in [1.54, 1.807) is 0 Å². The Kier molecular flexibility index (Phi) is 5.02. The van der Waals surface area contributed by atoms with Crippen molar-refractivity contribution in [3.05, 3.63) is 52.9 Å². The molecule has 2 aliphatic rings. The first-order valence-corrected chi connectivity index (χ1v) is 9.40. The van der Waals surface area contributed by atoms with Crippen LogP contribution in [0.2, 0.25) is 0 Å². The van der Waals surface area contributed by atoms with Crippen LogP contribution < -0.4 is 5.32 Å². The van der Waals surface area contributed by atoms with Crippen molar-refractivity contribution < 1.29 is 33.0 Å². The number of halogens is 2. The first-order valence-electron chi connectivity index (χ1n) is 9.40. The van der Waals surface area contributed by atoms with Crippen LogP contribution in [0, 0.1) is 11.6 Å². The summed E-state index contributed by atoms with van der Waals surface area (Å²) in [6, 6.07) is 2.76. The average Bonchev–Trinajstić information content (AvgIpc) is 3.03. The standard InChI is InChI=1S/C20H19F2N3O5/c1-10-4-5-30-15-9-24-8-13(17(26)16(24)20(29)25(10)15)18(27)19(28)23-7-11-2-3-12(21)6-14(11)22/h2-3,6,8,10,15,26H,4-5,7,9H2,1H3,(H,23,28)/t10-,15+/m1/s1. The maximum Gasteiger partial charge on any atom is 0.292 e. The lowest BCUT2D eigenvalue weighted by Crippen LogP contribution is -2.56. The zero-order valence-electron chi connectivity index (χ0n) is 16.0. The van der Waals surface area contributed by atoms with Gasteiger partial charge in [-0.3, -0.25) is 14.4 Å². The van der Waals surface area contributed by atoms with E-state index in [1.165, 1.54) is 15.7 Å². The largest absolute Gasteiger partial charge is 0.505 e. The SMILES string of the molecule is C[C@@H]1CCO[C@H]2Cn3cc(C(=O)C(=O)NCc4ccc(F)cc4F)c(O)c3C(=O)N12. The van der Waals surface area contributed by atoms with Gasteiger partial charge in [0.15, 0.2) is 17.7 Å². The molecule has 1 fully saturated rings. The number of aromatic nitrogens is 1. The van der Waals surface area contributed by atoms with Crippen LogP contribution in [0.3, 0.4) is 0 Å². The molecular formula is C20H19F2N3O5. The molecule has 0 radical (unpaired) electrons. The van der Waals surface area contributed by atoms with Crippen molar-refractivity contribution >= 4 is 17.6 Å². The second-order valence-electron chi connectivity index (χ2n) is 7.32. The van der Waals surface area contributed by atoms with Crippen molar-refractivity contribution in [2.24, 2.45) is 0 Å². The van der Waals surface area contributed by atoms with Crippen molar-refractivity contribution in [3.8, 4) is 5.75 Å². The van der Waals surface area contributed by atoms with Crippen molar-refractivity contribution in [2.45, 2.75) is 38.7 Å². The number of hydrogen-bond acceptors (Lipinski definition) is 5. The summed E-state index contributed by atoms with van der Waals surface area (Å²) < 4.78 is 33.7. The molecule has 30 heavy (non-hydrogen) atoms. The molecule has 2 amide bonds. The zero-order chi connectivity index (χ0) is 21.6. The molecule has 3 heterocycles. The van der Waals surface area contributed by atoms with Gasteiger partial charge in [0.05, 0.1) is 18.7 Å². The third-order valence-corrected chi connectivity index (χ3v) is 5.38. The number of carbonyl (C=O) groups excluding carboxylic acids is 3. The number of rotatable bonds is 4. The molecule has 0 aliphatic carbocycles. The van der Waals surface area contributed by atoms with Crippen LogP contribution in [-0.4, -0.2) is 51.0 Å². The van der Waals surface area contributed by atoms with Gasteiger partial charge in [-0.1, -0.05) is 6.07 Å². The normalized spacial score (nSPS) is 20.5. The van der Waals surface area contributed by atoms with Crippen LogP contribution in [0.25, 0.3) is 0 Å². The number of ether oxygens (including phenoxy) is 1. The Balaban J connectivity index is 1.53. The minimum atomic E-state index is -1.09. The monoisotopic (exact) mass is 419 g/mol. The van der Waals surface area contributed by atoms with Gasteiger partial charge in [-0.2, -0.15) is 0 Å². The smallest absolute Gasteiger partial charge is 0.292 e. The van der Waals surface area contributed by atoms with E-state index in [2.05, 4.69) is 5.32 Å². The fourth-order valence-electron chi connectivity index (χ4n) is 3.76. The van der Waals surface area contributed by atoms with Crippen LogP contribution >= 0.6 is 0 Å². The van der Waals surface area contributed by atoms with E-state index >= 15 is 0 Å². The summed E-state index contributed by atoms with van der Waals surface area (Å²) >= 11 is 0. The highest BCUT2D eigenvalue weighted by Gasteiger charge is 2.42. The molecule has 2 atom stereocenters. The van der Waals surface area contributed by atoms with E-state index < -0.39 is 41.2 Å². The number of nitrogens with zero attached hydrogens (tertiary/aromatic N) is 2. The van der Waals surface area contributed by atoms with Crippen LogP contribution in [0.15, 0.2) is 24.4 Å². The minimum absolute atomic E-state index is 0.00358. The van der Waals surface area contributed by atoms with E-state index in [4.69, 9.17) is 4.74 Å². The molecule has 2 N–H and O–H groups in total. The van der Waals surface area contributed by atoms with Crippen LogP contribution in [0.1, 0.15) is 39.8 Å². The lowest BCUT2D eigenvalue weighted by Gasteiger charge is -2.43. The van der Waals surface area contributed by atoms with Gasteiger partial charge in [-0.15, -0.1) is 0 Å². The molecule has 1 aromatic heterocycles. The number of amides is 2. The predicted molar refractivity (Wildman–Crippen MR) is 98.6 cm³/mol. The molecule has 0 spiro atoms. The van der Waals surface area contributed by atoms with Crippen molar-refractivity contribution in [3.63, 3.8) is 0 Å². The van der Waals surface area contributed by atoms with Gasteiger partial charge < -0.3 is 24.6 Å². The van der Waals surface area contributed by atoms with Crippen LogP contribution in [0.4, 0.5) is 8.78 Å². The summed E-state index contributed by atoms with van der Waals surface area (Å²) in [6.45, 7) is 2.24. The highest BCUT2D eigenvalue weighted by Crippen LogP contribution is 2.34. The number of nitrogens with one attached hydrogen (secondary N) is 1. The average molecular weight is 419 g/mol. The second-order valence-corrected chi connectivity index (χ2v) is 7.32. The summed E-state index contributed by atoms with van der Waals surface area (Å²) in [5, 5.41) is 12.7. The fourth-order valence-corrected chi connectivity index (χ4v) is 3.76. The minimum Gasteiger partial charge on any atom is -0.505 e. The number of ketones is 1. The fraction of sp³-hybridized carbons (Fsp3) is 0.350. The Morgan fingerprint density at radius 3 is 2.83 bits per heavy atom. The summed E-state index contributed by atoms with van der Waals surface area (Å²) in [7, 11) is 0. The van der Waals surface area contributed by atoms with Crippen molar-refractivity contribution in [1.82, 2.24) is 14.8 Å². The lowest BCUT2D eigenvalue weighted by atomic mass is 10.1. The molecule has 4 rings (SSSR count). The first-order chi connectivity index (χ1) is 14.3. The maximum absolute atomic E-state index is 13.7. The van der Waals surface area contributed by atoms with Gasteiger partial charge in [0, 0.05) is 30.4 Å². The molecule has 2 aromatic rings. The van der Waals surface area contributed by atoms with Gasteiger partial charge in [0.2, 0.25) is 0 Å². The molecule has 0 bridgehead atoms. The van der Waals surface area contributed by atoms with E-state index in [0.29, 0.717) is 19.1 Å². The van der Waals surface area contributed by atoms with Gasteiger partial charge in [-0.05, 0) is 19.4 Å². The number of hydrogen-bond donors (Lipinski definition) is 2. The first kappa shape index (κ1) is 20.0. The van der Waals surface area contributed by atoms with Crippen molar-refractivity contribution in [1.29, 1.82) is 0 Å². The number of Topliss-reactive ketones (excluding diaryl/α,β-unsaturated/α-hetero) is 1. The molecule has 0 unspecified atom stereocenters. The predicted octanol–water partition coefficient (Wildman–Crippen LogP) is 1.56. The molecule has 1 aromatic carbocycles. The Bertz CT molecular complexity index is 1050. The number of aromatic hydroxyl groups is 1. The summed E-state index contributed by atoms with van der Waals surface area (Å²) in [6.07, 6.45) is 1.37. The molecule has 0 saturated carbocycles. The Labute approximate surface area is 170 Å². The molecular weight excluding hydrogens is 400 g/mol. The Hall–Kier alpha value is -3.27. The van der Waals surface area contributed by atoms with Gasteiger partial charge in [-0.25, -0.2) is 8.78 Å². The molecule has 158 valence electrons. The summed E-state index contributed by atoms with van der Waals surface area (Å²) in [5.74, 6) is -4.85. The number of benzene rings is 1. The summed E-state index contributed by atoms with van der Waals surface area (Å²) in [4.78, 5) is 39.1. The lowest BCUT2D eigenvalue weighted by molar-refractivity contribution is -0.117. The topological polar surface area (TPSA) is 101 Å². The van der Waals surface area contributed by atoms with E-state index in [9.17, 15) is 28.3 Å². The number of carbonyl (C=O) groups is 3. The van der Waals surface area contributed by atoms with E-state index in [-0.39, 0.29) is 36.0 Å². The van der Waals surface area contributed by atoms with Crippen molar-refractivity contribution in [2.75, 3.05) is 6.61 Å². The van der Waals surface area contributed by atoms with Crippen LogP contribution in [0.5, 0.6) is 5.75 Å². The third kappa shape index (κ3) is 3.32. The van der Waals surface area contributed by atoms with Gasteiger partial charge >= 0.3 is 0 Å². The molecule has 10 heteroatoms.